The summed E-state index contributed by atoms with van der Waals surface area (Å²) in [5.41, 5.74) is 0. The molecule has 0 fully saturated rings. The third kappa shape index (κ3) is 17.6. The number of ether oxygens (including phenoxy) is 1. The number of esters is 1. The first-order valence-electron chi connectivity index (χ1n) is 10.6. The second kappa shape index (κ2) is 17.8. The van der Waals surface area contributed by atoms with Crippen molar-refractivity contribution in [3.05, 3.63) is 0 Å². The minimum Gasteiger partial charge on any atom is -0.481 e. The summed E-state index contributed by atoms with van der Waals surface area (Å²) in [7, 11) is 0. The molecule has 0 saturated heterocycles. The van der Waals surface area contributed by atoms with E-state index in [0.717, 1.165) is 19.3 Å². The molecule has 1 amide bonds. The van der Waals surface area contributed by atoms with Crippen molar-refractivity contribution >= 4 is 17.8 Å². The molecule has 0 saturated carbocycles. The van der Waals surface area contributed by atoms with Crippen molar-refractivity contribution in [2.24, 2.45) is 5.92 Å². The number of hydrogen-bond acceptors (Lipinski definition) is 4. The summed E-state index contributed by atoms with van der Waals surface area (Å²) in [6, 6.07) is 0. The Balaban J connectivity index is 3.39. The van der Waals surface area contributed by atoms with Crippen LogP contribution < -0.4 is 5.32 Å². The summed E-state index contributed by atoms with van der Waals surface area (Å²) >= 11 is 0. The Morgan fingerprint density at radius 2 is 1.33 bits per heavy atom. The highest BCUT2D eigenvalue weighted by Gasteiger charge is 2.17. The Morgan fingerprint density at radius 3 is 1.81 bits per heavy atom. The van der Waals surface area contributed by atoms with Gasteiger partial charge in [-0.25, -0.2) is 0 Å². The Bertz CT molecular complexity index is 411. The van der Waals surface area contributed by atoms with Gasteiger partial charge in [0.25, 0.3) is 0 Å². The SMILES string of the molecule is CCCCCCCCCCCCCCOC(=O)CNC(=O)C(C)CC(=O)O. The number of amides is 1. The van der Waals surface area contributed by atoms with E-state index in [0.29, 0.717) is 6.61 Å². The van der Waals surface area contributed by atoms with E-state index in [2.05, 4.69) is 12.2 Å². The summed E-state index contributed by atoms with van der Waals surface area (Å²) in [5.74, 6) is -2.62. The number of carboxylic acid groups (broad SMARTS) is 1. The molecule has 0 aromatic rings. The number of carbonyl (C=O) groups is 3. The molecule has 1 atom stereocenters. The molecule has 0 bridgehead atoms. The molecule has 6 heteroatoms. The molecular weight excluding hydrogens is 346 g/mol. The van der Waals surface area contributed by atoms with E-state index >= 15 is 0 Å². The van der Waals surface area contributed by atoms with E-state index in [-0.39, 0.29) is 13.0 Å². The van der Waals surface area contributed by atoms with Gasteiger partial charge in [-0.05, 0) is 6.42 Å². The second-order valence-corrected chi connectivity index (χ2v) is 7.33. The zero-order valence-electron chi connectivity index (χ0n) is 17.3. The van der Waals surface area contributed by atoms with Crippen molar-refractivity contribution in [2.75, 3.05) is 13.2 Å². The molecule has 27 heavy (non-hydrogen) atoms. The molecule has 158 valence electrons. The molecule has 0 aromatic carbocycles. The van der Waals surface area contributed by atoms with Gasteiger partial charge in [0.15, 0.2) is 0 Å². The predicted octanol–water partition coefficient (Wildman–Crippen LogP) is 4.46. The fraction of sp³-hybridized carbons (Fsp3) is 0.857. The predicted molar refractivity (Wildman–Crippen MR) is 106 cm³/mol. The van der Waals surface area contributed by atoms with Gasteiger partial charge < -0.3 is 15.2 Å². The molecule has 0 heterocycles. The highest BCUT2D eigenvalue weighted by Crippen LogP contribution is 2.11. The number of nitrogens with one attached hydrogen (secondary N) is 1. The lowest BCUT2D eigenvalue weighted by molar-refractivity contribution is -0.144. The zero-order valence-corrected chi connectivity index (χ0v) is 17.3. The number of unbranched alkanes of at least 4 members (excludes halogenated alkanes) is 11. The van der Waals surface area contributed by atoms with Crippen LogP contribution in [0.2, 0.25) is 0 Å². The fourth-order valence-electron chi connectivity index (χ4n) is 2.87. The maximum Gasteiger partial charge on any atom is 0.325 e. The average molecular weight is 386 g/mol. The standard InChI is InChI=1S/C21H39NO5/c1-3-4-5-6-7-8-9-10-11-12-13-14-15-27-20(25)17-22-21(26)18(2)16-19(23)24/h18H,3-17H2,1-2H3,(H,22,26)(H,23,24). The van der Waals surface area contributed by atoms with Crippen LogP contribution in [-0.2, 0) is 19.1 Å². The zero-order chi connectivity index (χ0) is 20.3. The topological polar surface area (TPSA) is 92.7 Å². The van der Waals surface area contributed by atoms with Crippen LogP contribution in [0.5, 0.6) is 0 Å². The lowest BCUT2D eigenvalue weighted by Crippen LogP contribution is -2.35. The normalized spacial score (nSPS) is 11.8. The van der Waals surface area contributed by atoms with E-state index in [4.69, 9.17) is 9.84 Å². The Labute approximate surface area is 164 Å². The van der Waals surface area contributed by atoms with Crippen molar-refractivity contribution in [3.8, 4) is 0 Å². The maximum absolute atomic E-state index is 11.6. The summed E-state index contributed by atoms with van der Waals surface area (Å²) in [6.45, 7) is 3.92. The lowest BCUT2D eigenvalue weighted by atomic mass is 10.1. The Hall–Kier alpha value is -1.59. The Morgan fingerprint density at radius 1 is 0.852 bits per heavy atom. The lowest BCUT2D eigenvalue weighted by Gasteiger charge is -2.10. The Kier molecular flexibility index (Phi) is 16.8. The van der Waals surface area contributed by atoms with E-state index in [1.807, 2.05) is 0 Å². The van der Waals surface area contributed by atoms with Gasteiger partial charge in [-0.3, -0.25) is 14.4 Å². The summed E-state index contributed by atoms with van der Waals surface area (Å²) in [4.78, 5) is 33.7. The minimum absolute atomic E-state index is 0.207. The number of carboxylic acids is 1. The molecule has 0 aromatic heterocycles. The molecule has 0 aliphatic rings. The first-order chi connectivity index (χ1) is 13.0. The highest BCUT2D eigenvalue weighted by atomic mass is 16.5. The highest BCUT2D eigenvalue weighted by molar-refractivity contribution is 5.85. The van der Waals surface area contributed by atoms with Gasteiger partial charge in [-0.2, -0.15) is 0 Å². The van der Waals surface area contributed by atoms with E-state index in [1.165, 1.54) is 64.7 Å². The molecule has 6 nitrogen and oxygen atoms in total. The quantitative estimate of drug-likeness (QED) is 0.268. The second-order valence-electron chi connectivity index (χ2n) is 7.33. The smallest absolute Gasteiger partial charge is 0.325 e. The third-order valence-corrected chi connectivity index (χ3v) is 4.60. The van der Waals surface area contributed by atoms with Crippen LogP contribution in [0.25, 0.3) is 0 Å². The van der Waals surface area contributed by atoms with Gasteiger partial charge >= 0.3 is 11.9 Å². The molecule has 0 spiro atoms. The van der Waals surface area contributed by atoms with Crippen LogP contribution in [0.1, 0.15) is 97.3 Å². The number of aliphatic carboxylic acids is 1. The van der Waals surface area contributed by atoms with Crippen molar-refractivity contribution in [2.45, 2.75) is 97.3 Å². The van der Waals surface area contributed by atoms with E-state index in [1.54, 1.807) is 0 Å². The average Bonchev–Trinajstić information content (AvgIpc) is 2.62. The van der Waals surface area contributed by atoms with Crippen molar-refractivity contribution in [1.29, 1.82) is 0 Å². The third-order valence-electron chi connectivity index (χ3n) is 4.60. The maximum atomic E-state index is 11.6. The van der Waals surface area contributed by atoms with Crippen molar-refractivity contribution < 1.29 is 24.2 Å². The van der Waals surface area contributed by atoms with Crippen LogP contribution in [0, 0.1) is 5.92 Å². The van der Waals surface area contributed by atoms with E-state index < -0.39 is 23.8 Å². The summed E-state index contributed by atoms with van der Waals surface area (Å²) < 4.78 is 5.08. The molecule has 0 rings (SSSR count). The first kappa shape index (κ1) is 25.4. The van der Waals surface area contributed by atoms with Gasteiger partial charge in [-0.15, -0.1) is 0 Å². The first-order valence-corrected chi connectivity index (χ1v) is 10.6. The molecule has 2 N–H and O–H groups in total. The molecule has 0 aliphatic carbocycles. The fourth-order valence-corrected chi connectivity index (χ4v) is 2.87. The molecular formula is C21H39NO5. The van der Waals surface area contributed by atoms with Crippen LogP contribution in [0.15, 0.2) is 0 Å². The number of rotatable bonds is 18. The van der Waals surface area contributed by atoms with Crippen molar-refractivity contribution in [1.82, 2.24) is 5.32 Å². The summed E-state index contributed by atoms with van der Waals surface area (Å²) in [6.07, 6.45) is 14.8. The van der Waals surface area contributed by atoms with Gasteiger partial charge in [0.1, 0.15) is 6.54 Å². The monoisotopic (exact) mass is 385 g/mol. The van der Waals surface area contributed by atoms with Gasteiger partial charge in [-0.1, -0.05) is 84.5 Å². The van der Waals surface area contributed by atoms with E-state index in [9.17, 15) is 14.4 Å². The van der Waals surface area contributed by atoms with Crippen LogP contribution in [-0.4, -0.2) is 36.1 Å². The molecule has 1 unspecified atom stereocenters. The van der Waals surface area contributed by atoms with Crippen LogP contribution >= 0.6 is 0 Å². The van der Waals surface area contributed by atoms with Gasteiger partial charge in [0.05, 0.1) is 13.0 Å². The van der Waals surface area contributed by atoms with Crippen LogP contribution in [0.4, 0.5) is 0 Å². The van der Waals surface area contributed by atoms with Gasteiger partial charge in [0.2, 0.25) is 5.91 Å². The molecule has 0 radical (unpaired) electrons. The van der Waals surface area contributed by atoms with Crippen molar-refractivity contribution in [3.63, 3.8) is 0 Å². The minimum atomic E-state index is -1.03. The van der Waals surface area contributed by atoms with Gasteiger partial charge in [0, 0.05) is 5.92 Å². The number of hydrogen-bond donors (Lipinski definition) is 2. The van der Waals surface area contributed by atoms with Crippen LogP contribution in [0.3, 0.4) is 0 Å². The summed E-state index contributed by atoms with van der Waals surface area (Å²) in [5, 5.41) is 11.0. The largest absolute Gasteiger partial charge is 0.481 e. The molecule has 0 aliphatic heterocycles. The number of carbonyl (C=O) groups excluding carboxylic acids is 2.